The van der Waals surface area contributed by atoms with Gasteiger partial charge < -0.3 is 5.32 Å². The molecule has 0 aliphatic carbocycles. The fourth-order valence-corrected chi connectivity index (χ4v) is 1.49. The summed E-state index contributed by atoms with van der Waals surface area (Å²) < 4.78 is 0. The van der Waals surface area contributed by atoms with Crippen LogP contribution in [0.4, 0.5) is 0 Å². The zero-order chi connectivity index (χ0) is 9.84. The van der Waals surface area contributed by atoms with Crippen molar-refractivity contribution in [3.63, 3.8) is 0 Å². The van der Waals surface area contributed by atoms with Crippen LogP contribution in [0.1, 0.15) is 18.5 Å². The van der Waals surface area contributed by atoms with Crippen LogP contribution in [0.2, 0.25) is 5.02 Å². The normalized spacial score (nSPS) is 12.5. The molecule has 0 spiro atoms. The van der Waals surface area contributed by atoms with Gasteiger partial charge in [0.2, 0.25) is 0 Å². The fourth-order valence-electron chi connectivity index (χ4n) is 1.29. The molecule has 1 atom stereocenters. The maximum absolute atomic E-state index is 11.2. The smallest absolute Gasteiger partial charge is 0.151 e. The number of halogens is 1. The molecule has 0 amide bonds. The second kappa shape index (κ2) is 4.40. The van der Waals surface area contributed by atoms with Crippen molar-refractivity contribution in [1.29, 1.82) is 0 Å². The van der Waals surface area contributed by atoms with E-state index >= 15 is 0 Å². The molecule has 0 aromatic heterocycles. The number of benzene rings is 1. The number of nitrogens with one attached hydrogen (secondary N) is 1. The lowest BCUT2D eigenvalue weighted by Gasteiger charge is -2.12. The van der Waals surface area contributed by atoms with Gasteiger partial charge in [-0.25, -0.2) is 0 Å². The minimum atomic E-state index is -0.251. The van der Waals surface area contributed by atoms with Crippen molar-refractivity contribution in [3.05, 3.63) is 34.9 Å². The summed E-state index contributed by atoms with van der Waals surface area (Å²) in [6.45, 7) is 1.56. The molecule has 0 saturated heterocycles. The number of hydrogen-bond acceptors (Lipinski definition) is 2. The summed E-state index contributed by atoms with van der Waals surface area (Å²) >= 11 is 5.81. The van der Waals surface area contributed by atoms with Crippen LogP contribution in [0.3, 0.4) is 0 Å². The van der Waals surface area contributed by atoms with Crippen LogP contribution in [-0.2, 0) is 4.79 Å². The molecule has 2 nitrogen and oxygen atoms in total. The highest BCUT2D eigenvalue weighted by Gasteiger charge is 2.13. The Morgan fingerprint density at radius 2 is 2.23 bits per heavy atom. The van der Waals surface area contributed by atoms with Crippen molar-refractivity contribution < 1.29 is 4.79 Å². The van der Waals surface area contributed by atoms with Gasteiger partial charge >= 0.3 is 0 Å². The average Bonchev–Trinajstić information content (AvgIpc) is 2.04. The molecule has 70 valence electrons. The van der Waals surface area contributed by atoms with Crippen LogP contribution >= 0.6 is 11.6 Å². The highest BCUT2D eigenvalue weighted by Crippen LogP contribution is 2.17. The summed E-state index contributed by atoms with van der Waals surface area (Å²) in [5.41, 5.74) is 0.905. The Bertz CT molecular complexity index is 312. The molecule has 1 rings (SSSR count). The maximum atomic E-state index is 11.2. The number of rotatable bonds is 3. The zero-order valence-corrected chi connectivity index (χ0v) is 8.43. The summed E-state index contributed by atoms with van der Waals surface area (Å²) in [5.74, 6) is 0.0877. The fraction of sp³-hybridized carbons (Fsp3) is 0.300. The molecule has 1 aromatic carbocycles. The van der Waals surface area contributed by atoms with Gasteiger partial charge in [-0.2, -0.15) is 0 Å². The highest BCUT2D eigenvalue weighted by molar-refractivity contribution is 6.30. The van der Waals surface area contributed by atoms with E-state index in [0.29, 0.717) is 5.02 Å². The molecule has 1 N–H and O–H groups in total. The monoisotopic (exact) mass is 197 g/mol. The topological polar surface area (TPSA) is 29.1 Å². The number of carbonyl (C=O) groups is 1. The number of carbonyl (C=O) groups excluding carboxylic acids is 1. The second-order valence-electron chi connectivity index (χ2n) is 2.89. The van der Waals surface area contributed by atoms with Crippen LogP contribution < -0.4 is 5.32 Å². The number of ketones is 1. The van der Waals surface area contributed by atoms with Crippen molar-refractivity contribution in [1.82, 2.24) is 5.32 Å². The Hall–Kier alpha value is -0.860. The predicted molar refractivity (Wildman–Crippen MR) is 53.9 cm³/mol. The van der Waals surface area contributed by atoms with Gasteiger partial charge in [0, 0.05) is 5.02 Å². The summed E-state index contributed by atoms with van der Waals surface area (Å²) in [6.07, 6.45) is 0. The second-order valence-corrected chi connectivity index (χ2v) is 3.32. The highest BCUT2D eigenvalue weighted by atomic mass is 35.5. The Labute approximate surface area is 82.9 Å². The van der Waals surface area contributed by atoms with Crippen molar-refractivity contribution in [2.75, 3.05) is 7.05 Å². The molecule has 1 aromatic rings. The van der Waals surface area contributed by atoms with E-state index in [-0.39, 0.29) is 11.8 Å². The van der Waals surface area contributed by atoms with Crippen LogP contribution in [0.25, 0.3) is 0 Å². The molecule has 3 heteroatoms. The maximum Gasteiger partial charge on any atom is 0.151 e. The van der Waals surface area contributed by atoms with E-state index in [1.165, 1.54) is 0 Å². The Morgan fingerprint density at radius 1 is 1.54 bits per heavy atom. The third-order valence-corrected chi connectivity index (χ3v) is 2.11. The standard InChI is InChI=1S/C10H12ClNO/c1-7(13)10(12-2)8-4-3-5-9(11)6-8/h3-6,10,12H,1-2H3. The van der Waals surface area contributed by atoms with E-state index in [1.54, 1.807) is 26.1 Å². The van der Waals surface area contributed by atoms with Crippen molar-refractivity contribution >= 4 is 17.4 Å². The molecule has 0 heterocycles. The Kier molecular flexibility index (Phi) is 3.46. The molecular weight excluding hydrogens is 186 g/mol. The Balaban J connectivity index is 2.98. The van der Waals surface area contributed by atoms with Crippen molar-refractivity contribution in [3.8, 4) is 0 Å². The summed E-state index contributed by atoms with van der Waals surface area (Å²) in [7, 11) is 1.76. The minimum Gasteiger partial charge on any atom is -0.307 e. The van der Waals surface area contributed by atoms with Gasteiger partial charge in [0.15, 0.2) is 5.78 Å². The van der Waals surface area contributed by atoms with Gasteiger partial charge in [0.25, 0.3) is 0 Å². The number of likely N-dealkylation sites (N-methyl/N-ethyl adjacent to an activating group) is 1. The molecule has 0 aliphatic rings. The lowest BCUT2D eigenvalue weighted by molar-refractivity contribution is -0.119. The van der Waals surface area contributed by atoms with E-state index in [4.69, 9.17) is 11.6 Å². The van der Waals surface area contributed by atoms with Gasteiger partial charge in [-0.05, 0) is 31.7 Å². The molecule has 0 saturated carbocycles. The minimum absolute atomic E-state index is 0.0877. The molecule has 1 unspecified atom stereocenters. The first-order valence-corrected chi connectivity index (χ1v) is 4.46. The largest absolute Gasteiger partial charge is 0.307 e. The van der Waals surface area contributed by atoms with E-state index in [1.807, 2.05) is 12.1 Å². The van der Waals surface area contributed by atoms with E-state index in [0.717, 1.165) is 5.56 Å². The number of Topliss-reactive ketones (excluding diaryl/α,β-unsaturated/α-hetero) is 1. The summed E-state index contributed by atoms with van der Waals surface area (Å²) in [6, 6.07) is 7.06. The molecule has 0 bridgehead atoms. The summed E-state index contributed by atoms with van der Waals surface area (Å²) in [4.78, 5) is 11.2. The van der Waals surface area contributed by atoms with Crippen LogP contribution in [0.15, 0.2) is 24.3 Å². The van der Waals surface area contributed by atoms with Crippen LogP contribution in [0.5, 0.6) is 0 Å². The third-order valence-electron chi connectivity index (χ3n) is 1.88. The average molecular weight is 198 g/mol. The van der Waals surface area contributed by atoms with E-state index in [2.05, 4.69) is 5.32 Å². The lowest BCUT2D eigenvalue weighted by atomic mass is 10.0. The molecule has 13 heavy (non-hydrogen) atoms. The first-order valence-electron chi connectivity index (χ1n) is 4.08. The first-order chi connectivity index (χ1) is 6.15. The van der Waals surface area contributed by atoms with Crippen molar-refractivity contribution in [2.45, 2.75) is 13.0 Å². The molecule has 0 aliphatic heterocycles. The SMILES string of the molecule is CNC(C(C)=O)c1cccc(Cl)c1. The molecule has 0 fully saturated rings. The summed E-state index contributed by atoms with van der Waals surface area (Å²) in [5, 5.41) is 3.59. The third kappa shape index (κ3) is 2.54. The first kappa shape index (κ1) is 10.2. The van der Waals surface area contributed by atoms with E-state index in [9.17, 15) is 4.79 Å². The number of hydrogen-bond donors (Lipinski definition) is 1. The van der Waals surface area contributed by atoms with Gasteiger partial charge in [-0.3, -0.25) is 4.79 Å². The van der Waals surface area contributed by atoms with Crippen molar-refractivity contribution in [2.24, 2.45) is 0 Å². The van der Waals surface area contributed by atoms with Gasteiger partial charge in [0.1, 0.15) is 0 Å². The molecule has 0 radical (unpaired) electrons. The zero-order valence-electron chi connectivity index (χ0n) is 7.67. The lowest BCUT2D eigenvalue weighted by Crippen LogP contribution is -2.23. The quantitative estimate of drug-likeness (QED) is 0.805. The van der Waals surface area contributed by atoms with Gasteiger partial charge in [-0.15, -0.1) is 0 Å². The van der Waals surface area contributed by atoms with E-state index < -0.39 is 0 Å². The van der Waals surface area contributed by atoms with Gasteiger partial charge in [0.05, 0.1) is 6.04 Å². The van der Waals surface area contributed by atoms with Crippen LogP contribution in [-0.4, -0.2) is 12.8 Å². The van der Waals surface area contributed by atoms with Crippen LogP contribution in [0, 0.1) is 0 Å². The predicted octanol–water partition coefficient (Wildman–Crippen LogP) is 2.19. The van der Waals surface area contributed by atoms with Gasteiger partial charge in [-0.1, -0.05) is 23.7 Å². The Morgan fingerprint density at radius 3 is 2.69 bits per heavy atom. The molecular formula is C10H12ClNO.